The molecule has 2 aromatic carbocycles. The highest BCUT2D eigenvalue weighted by atomic mass is 32.2. The zero-order valence-electron chi connectivity index (χ0n) is 17.3. The first-order chi connectivity index (χ1) is 15.5. The highest BCUT2D eigenvalue weighted by Gasteiger charge is 2.47. The molecular weight excluding hydrogens is 430 g/mol. The summed E-state index contributed by atoms with van der Waals surface area (Å²) in [4.78, 5) is 18.9. The second-order valence-corrected chi connectivity index (χ2v) is 9.04. The molecule has 2 atom stereocenters. The van der Waals surface area contributed by atoms with Gasteiger partial charge in [-0.15, -0.1) is 11.8 Å². The third-order valence-electron chi connectivity index (χ3n) is 5.94. The fourth-order valence-corrected chi connectivity index (χ4v) is 5.02. The van der Waals surface area contributed by atoms with Crippen LogP contribution in [0.15, 0.2) is 72.1 Å². The number of alkyl halides is 2. The van der Waals surface area contributed by atoms with Crippen LogP contribution in [0.3, 0.4) is 0 Å². The number of aromatic nitrogens is 1. The van der Waals surface area contributed by atoms with Crippen molar-refractivity contribution in [2.75, 3.05) is 18.8 Å². The lowest BCUT2D eigenvalue weighted by Gasteiger charge is -2.38. The van der Waals surface area contributed by atoms with Gasteiger partial charge in [-0.2, -0.15) is 0 Å². The summed E-state index contributed by atoms with van der Waals surface area (Å²) in [6.07, 6.45) is 0.223. The molecule has 1 saturated heterocycles. The summed E-state index contributed by atoms with van der Waals surface area (Å²) < 4.78 is 35.0. The lowest BCUT2D eigenvalue weighted by atomic mass is 9.97. The molecule has 2 aliphatic heterocycles. The quantitative estimate of drug-likeness (QED) is 0.524. The molecule has 1 amide bonds. The molecule has 4 nitrogen and oxygen atoms in total. The van der Waals surface area contributed by atoms with Gasteiger partial charge < -0.3 is 9.64 Å². The number of amides is 1. The number of benzene rings is 2. The number of carbonyl (C=O) groups excluding carboxylic acids is 1. The number of nitrogens with zero attached hydrogens (tertiary/aromatic N) is 2. The van der Waals surface area contributed by atoms with E-state index >= 15 is 0 Å². The first kappa shape index (κ1) is 20.9. The Morgan fingerprint density at radius 1 is 1.12 bits per heavy atom. The number of allylic oxidation sites excluding steroid dienone is 1. The Bertz CT molecular complexity index is 1180. The maximum atomic E-state index is 14.7. The van der Waals surface area contributed by atoms with E-state index in [-0.39, 0.29) is 30.8 Å². The molecule has 1 fully saturated rings. The van der Waals surface area contributed by atoms with E-state index in [1.165, 1.54) is 4.90 Å². The summed E-state index contributed by atoms with van der Waals surface area (Å²) in [5, 5.41) is 2.97. The van der Waals surface area contributed by atoms with Gasteiger partial charge in [0.05, 0.1) is 12.1 Å². The van der Waals surface area contributed by atoms with Gasteiger partial charge >= 0.3 is 0 Å². The summed E-state index contributed by atoms with van der Waals surface area (Å²) in [5.41, 5.74) is 2.25. The topological polar surface area (TPSA) is 42.4 Å². The van der Waals surface area contributed by atoms with E-state index in [2.05, 4.69) is 16.5 Å². The maximum absolute atomic E-state index is 14.7. The van der Waals surface area contributed by atoms with Crippen molar-refractivity contribution < 1.29 is 18.3 Å². The van der Waals surface area contributed by atoms with Crippen molar-refractivity contribution in [3.63, 3.8) is 0 Å². The number of likely N-dealkylation sites (tertiary alicyclic amines) is 1. The van der Waals surface area contributed by atoms with Crippen LogP contribution in [0.4, 0.5) is 8.78 Å². The van der Waals surface area contributed by atoms with Crippen LogP contribution >= 0.6 is 11.8 Å². The Morgan fingerprint density at radius 3 is 2.84 bits per heavy atom. The zero-order chi connectivity index (χ0) is 22.1. The van der Waals surface area contributed by atoms with Crippen molar-refractivity contribution in [3.05, 3.63) is 83.3 Å². The van der Waals surface area contributed by atoms with Gasteiger partial charge in [-0.1, -0.05) is 36.4 Å². The predicted molar refractivity (Wildman–Crippen MR) is 122 cm³/mol. The van der Waals surface area contributed by atoms with Gasteiger partial charge in [0.25, 0.3) is 11.8 Å². The largest absolute Gasteiger partial charge is 0.466 e. The molecule has 0 radical (unpaired) electrons. The molecule has 2 aliphatic rings. The third-order valence-corrected chi connectivity index (χ3v) is 6.84. The fraction of sp³-hybridized carbons (Fsp3) is 0.280. The van der Waals surface area contributed by atoms with Crippen molar-refractivity contribution in [3.8, 4) is 5.88 Å². The van der Waals surface area contributed by atoms with Gasteiger partial charge in [-0.3, -0.25) is 4.79 Å². The Kier molecular flexibility index (Phi) is 5.59. The van der Waals surface area contributed by atoms with E-state index in [9.17, 15) is 13.6 Å². The summed E-state index contributed by atoms with van der Waals surface area (Å²) >= 11 is 1.74. The van der Waals surface area contributed by atoms with E-state index in [0.29, 0.717) is 11.1 Å². The van der Waals surface area contributed by atoms with Crippen LogP contribution in [0.2, 0.25) is 0 Å². The van der Waals surface area contributed by atoms with Crippen LogP contribution in [0, 0.1) is 0 Å². The lowest BCUT2D eigenvalue weighted by Crippen LogP contribution is -2.55. The van der Waals surface area contributed by atoms with Crippen LogP contribution in [-0.4, -0.2) is 46.7 Å². The number of hydrogen-bond acceptors (Lipinski definition) is 4. The molecule has 0 N–H and O–H groups in total. The highest BCUT2D eigenvalue weighted by molar-refractivity contribution is 8.02. The van der Waals surface area contributed by atoms with Crippen molar-refractivity contribution >= 4 is 28.6 Å². The number of thioether (sulfide) groups is 1. The first-order valence-corrected chi connectivity index (χ1v) is 11.6. The van der Waals surface area contributed by atoms with E-state index in [4.69, 9.17) is 4.74 Å². The minimum absolute atomic E-state index is 0.0136. The van der Waals surface area contributed by atoms with Gasteiger partial charge in [0, 0.05) is 41.7 Å². The molecule has 2 unspecified atom stereocenters. The number of fused-ring (bicyclic) bond motifs is 1. The molecule has 0 spiro atoms. The third kappa shape index (κ3) is 4.21. The SMILES string of the molecule is O=C(c1cccc(C2C=CSC2)c1)N1CCC(F)(F)C(Oc2ccc3ccccc3n2)C1. The fourth-order valence-electron chi connectivity index (χ4n) is 4.09. The molecule has 5 rings (SSSR count). The Morgan fingerprint density at radius 2 is 2.00 bits per heavy atom. The van der Waals surface area contributed by atoms with Gasteiger partial charge in [-0.25, -0.2) is 13.8 Å². The standard InChI is InChI=1S/C25H22F2N2O2S/c26-25(27)11-12-29(24(30)19-6-3-5-18(14-19)20-10-13-32-16-20)15-22(25)31-23-9-8-17-4-1-2-7-21(17)28-23/h1-10,13-14,20,22H,11-12,15-16H2. The van der Waals surface area contributed by atoms with E-state index in [1.54, 1.807) is 30.0 Å². The number of ether oxygens (including phenoxy) is 1. The van der Waals surface area contributed by atoms with Crippen LogP contribution in [0.25, 0.3) is 10.9 Å². The number of para-hydroxylation sites is 1. The molecule has 3 aromatic rings. The number of hydrogen-bond donors (Lipinski definition) is 0. The van der Waals surface area contributed by atoms with Crippen molar-refractivity contribution in [2.45, 2.75) is 24.4 Å². The Balaban J connectivity index is 1.34. The number of carbonyl (C=O) groups is 1. The van der Waals surface area contributed by atoms with Crippen LogP contribution < -0.4 is 4.74 Å². The number of piperidine rings is 1. The molecule has 32 heavy (non-hydrogen) atoms. The van der Waals surface area contributed by atoms with Gasteiger partial charge in [0.15, 0.2) is 6.10 Å². The minimum atomic E-state index is -3.04. The van der Waals surface area contributed by atoms with Crippen molar-refractivity contribution in [1.29, 1.82) is 0 Å². The number of rotatable bonds is 4. The van der Waals surface area contributed by atoms with Gasteiger partial charge in [0.2, 0.25) is 5.88 Å². The molecular formula is C25H22F2N2O2S. The summed E-state index contributed by atoms with van der Waals surface area (Å²) in [6.45, 7) is -0.204. The van der Waals surface area contributed by atoms with E-state index in [0.717, 1.165) is 16.7 Å². The smallest absolute Gasteiger partial charge is 0.287 e. The summed E-state index contributed by atoms with van der Waals surface area (Å²) in [7, 11) is 0. The highest BCUT2D eigenvalue weighted by Crippen LogP contribution is 2.33. The zero-order valence-corrected chi connectivity index (χ0v) is 18.1. The van der Waals surface area contributed by atoms with E-state index in [1.807, 2.05) is 42.5 Å². The van der Waals surface area contributed by atoms with Gasteiger partial charge in [0.1, 0.15) is 0 Å². The van der Waals surface area contributed by atoms with Crippen molar-refractivity contribution in [2.24, 2.45) is 0 Å². The molecule has 0 bridgehead atoms. The average Bonchev–Trinajstić information content (AvgIpc) is 3.35. The van der Waals surface area contributed by atoms with E-state index < -0.39 is 18.4 Å². The monoisotopic (exact) mass is 452 g/mol. The van der Waals surface area contributed by atoms with Crippen LogP contribution in [0.1, 0.15) is 28.3 Å². The minimum Gasteiger partial charge on any atom is -0.466 e. The first-order valence-electron chi connectivity index (χ1n) is 10.6. The molecule has 0 saturated carbocycles. The number of pyridine rings is 1. The normalized spacial score (nSPS) is 22.2. The Labute approximate surface area is 189 Å². The summed E-state index contributed by atoms with van der Waals surface area (Å²) in [6, 6.07) is 18.3. The lowest BCUT2D eigenvalue weighted by molar-refractivity contribution is -0.131. The molecule has 164 valence electrons. The second kappa shape index (κ2) is 8.54. The van der Waals surface area contributed by atoms with Crippen molar-refractivity contribution in [1.82, 2.24) is 9.88 Å². The second-order valence-electron chi connectivity index (χ2n) is 8.10. The molecule has 7 heteroatoms. The predicted octanol–water partition coefficient (Wildman–Crippen LogP) is 5.51. The number of halogens is 2. The van der Waals surface area contributed by atoms with Gasteiger partial charge in [-0.05, 0) is 35.2 Å². The average molecular weight is 453 g/mol. The van der Waals surface area contributed by atoms with Crippen LogP contribution in [-0.2, 0) is 0 Å². The molecule has 3 heterocycles. The molecule has 1 aromatic heterocycles. The summed E-state index contributed by atoms with van der Waals surface area (Å²) in [5.74, 6) is -1.94. The molecule has 0 aliphatic carbocycles. The Hall–Kier alpha value is -2.93. The maximum Gasteiger partial charge on any atom is 0.287 e. The van der Waals surface area contributed by atoms with Crippen LogP contribution in [0.5, 0.6) is 5.88 Å².